The Kier molecular flexibility index (Phi) is 5.14. The highest BCUT2D eigenvalue weighted by Gasteiger charge is 2.15. The number of carbonyl (C=O) groups excluding carboxylic acids is 1. The molecule has 150 valence electrons. The van der Waals surface area contributed by atoms with E-state index >= 15 is 0 Å². The van der Waals surface area contributed by atoms with Crippen molar-refractivity contribution in [2.75, 3.05) is 5.32 Å². The molecule has 3 heterocycles. The molecule has 1 aromatic carbocycles. The van der Waals surface area contributed by atoms with Crippen LogP contribution in [0.1, 0.15) is 32.7 Å². The normalized spacial score (nSPS) is 10.9. The van der Waals surface area contributed by atoms with Gasteiger partial charge in [-0.3, -0.25) is 19.6 Å². The molecule has 6 nitrogen and oxygen atoms in total. The number of hydrogen-bond donors (Lipinski definition) is 1. The lowest BCUT2D eigenvalue weighted by Gasteiger charge is -2.11. The van der Waals surface area contributed by atoms with Crippen molar-refractivity contribution in [1.29, 1.82) is 0 Å². The van der Waals surface area contributed by atoms with Crippen LogP contribution in [0, 0.1) is 20.8 Å². The van der Waals surface area contributed by atoms with Gasteiger partial charge in [0.2, 0.25) is 0 Å². The molecule has 1 N–H and O–H groups in total. The molecule has 0 spiro atoms. The van der Waals surface area contributed by atoms with E-state index in [1.54, 1.807) is 42.2 Å². The highest BCUT2D eigenvalue weighted by molar-refractivity contribution is 6.06. The zero-order chi connectivity index (χ0) is 21.3. The van der Waals surface area contributed by atoms with Crippen LogP contribution in [0.15, 0.2) is 65.8 Å². The zero-order valence-electron chi connectivity index (χ0n) is 17.1. The molecule has 0 saturated carbocycles. The smallest absolute Gasteiger partial charge is 0.260 e. The number of hydrogen-bond acceptors (Lipinski definition) is 4. The number of carbonyl (C=O) groups is 1. The van der Waals surface area contributed by atoms with E-state index in [1.165, 1.54) is 0 Å². The van der Waals surface area contributed by atoms with Gasteiger partial charge < -0.3 is 9.88 Å². The van der Waals surface area contributed by atoms with E-state index in [4.69, 9.17) is 0 Å². The Hall–Kier alpha value is -3.80. The molecular weight excluding hydrogens is 376 g/mol. The zero-order valence-corrected chi connectivity index (χ0v) is 17.1. The van der Waals surface area contributed by atoms with E-state index in [0.29, 0.717) is 34.4 Å². The summed E-state index contributed by atoms with van der Waals surface area (Å²) in [5.41, 5.74) is 5.23. The first kappa shape index (κ1) is 19.5. The van der Waals surface area contributed by atoms with E-state index in [-0.39, 0.29) is 11.5 Å². The molecule has 4 rings (SSSR count). The van der Waals surface area contributed by atoms with Crippen LogP contribution in [-0.2, 0) is 6.54 Å². The van der Waals surface area contributed by atoms with Crippen LogP contribution >= 0.6 is 0 Å². The summed E-state index contributed by atoms with van der Waals surface area (Å²) < 4.78 is 1.60. The SMILES string of the molecule is Cc1ccc(NC(=O)c2cc3c(=O)n(Cc4cccnc4)ccc3nc2C)cc1C. The minimum Gasteiger partial charge on any atom is -0.322 e. The van der Waals surface area contributed by atoms with Crippen molar-refractivity contribution >= 4 is 22.5 Å². The number of pyridine rings is 3. The van der Waals surface area contributed by atoms with Gasteiger partial charge in [0.1, 0.15) is 0 Å². The fourth-order valence-corrected chi connectivity index (χ4v) is 3.37. The van der Waals surface area contributed by atoms with Gasteiger partial charge in [-0.2, -0.15) is 0 Å². The molecular formula is C24H22N4O2. The van der Waals surface area contributed by atoms with Gasteiger partial charge in [0, 0.05) is 24.3 Å². The molecule has 1 amide bonds. The lowest BCUT2D eigenvalue weighted by Crippen LogP contribution is -2.22. The summed E-state index contributed by atoms with van der Waals surface area (Å²) >= 11 is 0. The van der Waals surface area contributed by atoms with E-state index in [9.17, 15) is 9.59 Å². The van der Waals surface area contributed by atoms with E-state index < -0.39 is 0 Å². The first-order valence-electron chi connectivity index (χ1n) is 9.70. The molecule has 0 unspecified atom stereocenters. The van der Waals surface area contributed by atoms with Crippen molar-refractivity contribution in [2.45, 2.75) is 27.3 Å². The number of benzene rings is 1. The highest BCUT2D eigenvalue weighted by atomic mass is 16.1. The molecule has 0 bridgehead atoms. The summed E-state index contributed by atoms with van der Waals surface area (Å²) in [5.74, 6) is -0.285. The molecule has 0 atom stereocenters. The maximum atomic E-state index is 13.0. The van der Waals surface area contributed by atoms with Gasteiger partial charge in [0.15, 0.2) is 0 Å². The summed E-state index contributed by atoms with van der Waals surface area (Å²) in [5, 5.41) is 3.32. The van der Waals surface area contributed by atoms with Crippen LogP contribution in [0.5, 0.6) is 0 Å². The van der Waals surface area contributed by atoms with Crippen molar-refractivity contribution < 1.29 is 4.79 Å². The molecule has 0 saturated heterocycles. The maximum Gasteiger partial charge on any atom is 0.260 e. The third-order valence-electron chi connectivity index (χ3n) is 5.23. The Balaban J connectivity index is 1.70. The fraction of sp³-hybridized carbons (Fsp3) is 0.167. The van der Waals surface area contributed by atoms with Crippen molar-refractivity contribution in [2.24, 2.45) is 0 Å². The van der Waals surface area contributed by atoms with E-state index in [2.05, 4.69) is 15.3 Å². The van der Waals surface area contributed by atoms with Crippen LogP contribution < -0.4 is 10.9 Å². The second-order valence-corrected chi connectivity index (χ2v) is 7.42. The Morgan fingerprint density at radius 1 is 1.07 bits per heavy atom. The summed E-state index contributed by atoms with van der Waals surface area (Å²) in [6.07, 6.45) is 5.14. The molecule has 6 heteroatoms. The molecule has 4 aromatic rings. The molecule has 0 fully saturated rings. The molecule has 0 aliphatic carbocycles. The second kappa shape index (κ2) is 7.91. The van der Waals surface area contributed by atoms with Gasteiger partial charge in [-0.15, -0.1) is 0 Å². The molecule has 0 aliphatic heterocycles. The van der Waals surface area contributed by atoms with Crippen molar-refractivity contribution in [1.82, 2.24) is 14.5 Å². The first-order chi connectivity index (χ1) is 14.4. The van der Waals surface area contributed by atoms with Crippen LogP contribution in [0.25, 0.3) is 10.9 Å². The van der Waals surface area contributed by atoms with Gasteiger partial charge in [0.05, 0.1) is 28.7 Å². The number of anilines is 1. The molecule has 0 aliphatic rings. The first-order valence-corrected chi connectivity index (χ1v) is 9.70. The summed E-state index contributed by atoms with van der Waals surface area (Å²) in [4.78, 5) is 34.5. The summed E-state index contributed by atoms with van der Waals surface area (Å²) in [7, 11) is 0. The molecule has 30 heavy (non-hydrogen) atoms. The van der Waals surface area contributed by atoms with Gasteiger partial charge in [-0.05, 0) is 67.8 Å². The third-order valence-corrected chi connectivity index (χ3v) is 5.23. The Labute approximate surface area is 174 Å². The number of aromatic nitrogens is 3. The van der Waals surface area contributed by atoms with Gasteiger partial charge in [-0.25, -0.2) is 0 Å². The minimum absolute atomic E-state index is 0.191. The number of nitrogens with one attached hydrogen (secondary N) is 1. The number of rotatable bonds is 4. The quantitative estimate of drug-likeness (QED) is 0.563. The second-order valence-electron chi connectivity index (χ2n) is 7.42. The number of aryl methyl sites for hydroxylation is 3. The Morgan fingerprint density at radius 3 is 2.63 bits per heavy atom. The number of amides is 1. The van der Waals surface area contributed by atoms with Crippen LogP contribution in [-0.4, -0.2) is 20.4 Å². The third kappa shape index (κ3) is 3.85. The van der Waals surface area contributed by atoms with E-state index in [1.807, 2.05) is 44.2 Å². The lowest BCUT2D eigenvalue weighted by molar-refractivity contribution is 0.102. The van der Waals surface area contributed by atoms with Gasteiger partial charge in [-0.1, -0.05) is 12.1 Å². The van der Waals surface area contributed by atoms with Gasteiger partial charge >= 0.3 is 0 Å². The maximum absolute atomic E-state index is 13.0. The minimum atomic E-state index is -0.285. The molecule has 0 radical (unpaired) electrons. The summed E-state index contributed by atoms with van der Waals surface area (Å²) in [6, 6.07) is 12.9. The van der Waals surface area contributed by atoms with Crippen LogP contribution in [0.4, 0.5) is 5.69 Å². The average molecular weight is 398 g/mol. The standard InChI is InChI=1S/C24H22N4O2/c1-15-6-7-19(11-16(15)2)27-23(29)20-12-21-22(26-17(20)3)8-10-28(24(21)30)14-18-5-4-9-25-13-18/h4-13H,14H2,1-3H3,(H,27,29). The van der Waals surface area contributed by atoms with Crippen molar-refractivity contribution in [3.63, 3.8) is 0 Å². The topological polar surface area (TPSA) is 76.9 Å². The van der Waals surface area contributed by atoms with Crippen LogP contribution in [0.3, 0.4) is 0 Å². The van der Waals surface area contributed by atoms with Gasteiger partial charge in [0.25, 0.3) is 11.5 Å². The number of fused-ring (bicyclic) bond motifs is 1. The summed E-state index contributed by atoms with van der Waals surface area (Å²) in [6.45, 7) is 6.20. The average Bonchev–Trinajstić information content (AvgIpc) is 2.73. The van der Waals surface area contributed by atoms with Crippen molar-refractivity contribution in [3.05, 3.63) is 99.4 Å². The number of nitrogens with zero attached hydrogens (tertiary/aromatic N) is 3. The molecule has 3 aromatic heterocycles. The highest BCUT2D eigenvalue weighted by Crippen LogP contribution is 2.18. The largest absolute Gasteiger partial charge is 0.322 e. The van der Waals surface area contributed by atoms with Crippen LogP contribution in [0.2, 0.25) is 0 Å². The van der Waals surface area contributed by atoms with E-state index in [0.717, 1.165) is 16.7 Å². The predicted octanol–water partition coefficient (Wildman–Crippen LogP) is 4.02. The van der Waals surface area contributed by atoms with Crippen molar-refractivity contribution in [3.8, 4) is 0 Å². The fourth-order valence-electron chi connectivity index (χ4n) is 3.37. The monoisotopic (exact) mass is 398 g/mol. The Bertz CT molecular complexity index is 1310. The lowest BCUT2D eigenvalue weighted by atomic mass is 10.1. The Morgan fingerprint density at radius 2 is 1.90 bits per heavy atom. The predicted molar refractivity (Wildman–Crippen MR) is 118 cm³/mol.